The summed E-state index contributed by atoms with van der Waals surface area (Å²) < 4.78 is 17.6. The molecule has 82 valence electrons. The third kappa shape index (κ3) is 2.70. The van der Waals surface area contributed by atoms with Gasteiger partial charge < -0.3 is 0 Å². The monoisotopic (exact) mass is 286 g/mol. The van der Waals surface area contributed by atoms with Crippen molar-refractivity contribution in [1.29, 1.82) is 0 Å². The van der Waals surface area contributed by atoms with Crippen LogP contribution in [0.5, 0.6) is 0 Å². The summed E-state index contributed by atoms with van der Waals surface area (Å²) in [4.78, 5) is 0. The second-order valence-electron chi connectivity index (χ2n) is 3.00. The van der Waals surface area contributed by atoms with Crippen LogP contribution in [0, 0.1) is 0 Å². The van der Waals surface area contributed by atoms with E-state index in [-0.39, 0.29) is 15.4 Å². The molecule has 2 radical (unpaired) electrons. The fraction of sp³-hybridized carbons (Fsp3) is 0.400. The zero-order chi connectivity index (χ0) is 11.3. The second-order valence-corrected chi connectivity index (χ2v) is 8.17. The molecule has 0 heterocycles. The Labute approximate surface area is 98.6 Å². The van der Waals surface area contributed by atoms with Gasteiger partial charge in [-0.25, -0.2) is 0 Å². The maximum absolute atomic E-state index is 5.40. The molecule has 0 aliphatic carbocycles. The number of rotatable bonds is 5. The summed E-state index contributed by atoms with van der Waals surface area (Å²) >= 11 is 0.0180. The first-order chi connectivity index (χ1) is 7.22. The zero-order valence-corrected chi connectivity index (χ0v) is 12.6. The first-order valence-corrected chi connectivity index (χ1v) is 9.53. The molecule has 1 aromatic carbocycles. The molecule has 0 fully saturated rings. The predicted molar refractivity (Wildman–Crippen MR) is 64.1 cm³/mol. The Bertz CT molecular complexity index is 290. The van der Waals surface area contributed by atoms with Gasteiger partial charge in [0.15, 0.2) is 0 Å². The fourth-order valence-corrected chi connectivity index (χ4v) is 4.28. The molecule has 0 atom stereocenters. The number of benzene rings is 1. The van der Waals surface area contributed by atoms with E-state index in [1.807, 2.05) is 12.1 Å². The second kappa shape index (κ2) is 5.81. The van der Waals surface area contributed by atoms with Gasteiger partial charge in [-0.2, -0.15) is 0 Å². The van der Waals surface area contributed by atoms with Crippen molar-refractivity contribution in [3.05, 3.63) is 24.3 Å². The van der Waals surface area contributed by atoms with Gasteiger partial charge in [-0.3, -0.25) is 0 Å². The fourth-order valence-electron chi connectivity index (χ4n) is 1.44. The van der Waals surface area contributed by atoms with E-state index in [4.69, 9.17) is 13.3 Å². The van der Waals surface area contributed by atoms with Crippen LogP contribution < -0.4 is 9.58 Å². The minimum absolute atomic E-state index is 0.0180. The van der Waals surface area contributed by atoms with Gasteiger partial charge in [0.25, 0.3) is 0 Å². The number of hydrogen-bond donors (Lipinski definition) is 0. The van der Waals surface area contributed by atoms with Gasteiger partial charge in [0.2, 0.25) is 0 Å². The van der Waals surface area contributed by atoms with Crippen molar-refractivity contribution >= 4 is 33.8 Å². The van der Waals surface area contributed by atoms with Gasteiger partial charge in [-0.05, 0) is 0 Å². The van der Waals surface area contributed by atoms with Crippen LogP contribution in [0.2, 0.25) is 5.76 Å². The Hall–Kier alpha value is -0.140. The van der Waals surface area contributed by atoms with Gasteiger partial charge in [-0.15, -0.1) is 0 Å². The van der Waals surface area contributed by atoms with E-state index in [9.17, 15) is 0 Å². The molecule has 0 saturated carbocycles. The van der Waals surface area contributed by atoms with E-state index >= 15 is 0 Å². The third-order valence-corrected chi connectivity index (χ3v) is 6.90. The van der Waals surface area contributed by atoms with E-state index in [1.165, 1.54) is 4.40 Å². The van der Waals surface area contributed by atoms with E-state index < -0.39 is 8.80 Å². The molecule has 15 heavy (non-hydrogen) atoms. The Kier molecular flexibility index (Phi) is 5.01. The van der Waals surface area contributed by atoms with Gasteiger partial charge in [0.1, 0.15) is 0 Å². The summed E-state index contributed by atoms with van der Waals surface area (Å²) in [6.45, 7) is 0. The van der Waals surface area contributed by atoms with E-state index in [2.05, 4.69) is 17.9 Å². The van der Waals surface area contributed by atoms with Crippen LogP contribution in [0.4, 0.5) is 0 Å². The molecule has 1 rings (SSSR count). The molecule has 0 aromatic heterocycles. The molecule has 0 saturated heterocycles. The van der Waals surface area contributed by atoms with E-state index in [0.29, 0.717) is 0 Å². The van der Waals surface area contributed by atoms with Crippen LogP contribution in [-0.4, -0.2) is 45.6 Å². The van der Waals surface area contributed by atoms with Gasteiger partial charge in [0, 0.05) is 0 Å². The SMILES string of the molecule is CO[Si](OC)(OC)c1cc[c]([Ge][CH3])cc1. The Morgan fingerprint density at radius 3 is 1.73 bits per heavy atom. The van der Waals surface area contributed by atoms with Gasteiger partial charge in [0.05, 0.1) is 0 Å². The number of hydrogen-bond acceptors (Lipinski definition) is 3. The van der Waals surface area contributed by atoms with Crippen molar-refractivity contribution in [2.75, 3.05) is 21.3 Å². The summed E-state index contributed by atoms with van der Waals surface area (Å²) in [6.07, 6.45) is 0. The molecule has 0 amide bonds. The molecule has 0 bridgehead atoms. The molecule has 3 nitrogen and oxygen atoms in total. The summed E-state index contributed by atoms with van der Waals surface area (Å²) in [6, 6.07) is 8.36. The molecule has 0 aliphatic heterocycles. The van der Waals surface area contributed by atoms with Crippen molar-refractivity contribution < 1.29 is 13.3 Å². The average Bonchev–Trinajstić information content (AvgIpc) is 2.33. The van der Waals surface area contributed by atoms with Gasteiger partial charge >= 0.3 is 98.4 Å². The predicted octanol–water partition coefficient (Wildman–Crippen LogP) is 0.149. The van der Waals surface area contributed by atoms with Crippen molar-refractivity contribution in [2.24, 2.45) is 0 Å². The molecule has 0 N–H and O–H groups in total. The molecule has 5 heteroatoms. The Morgan fingerprint density at radius 1 is 0.933 bits per heavy atom. The normalized spacial score (nSPS) is 11.7. The van der Waals surface area contributed by atoms with Gasteiger partial charge in [-0.1, -0.05) is 0 Å². The summed E-state index contributed by atoms with van der Waals surface area (Å²) in [7, 11) is 2.26. The summed E-state index contributed by atoms with van der Waals surface area (Å²) in [5.41, 5.74) is 0. The topological polar surface area (TPSA) is 27.7 Å². The first kappa shape index (κ1) is 12.9. The summed E-state index contributed by atoms with van der Waals surface area (Å²) in [5, 5.41) is 1.01. The van der Waals surface area contributed by atoms with E-state index in [0.717, 1.165) is 5.19 Å². The minimum atomic E-state index is -2.62. The van der Waals surface area contributed by atoms with Crippen LogP contribution in [0.1, 0.15) is 0 Å². The Morgan fingerprint density at radius 2 is 1.40 bits per heavy atom. The van der Waals surface area contributed by atoms with Crippen LogP contribution in [0.3, 0.4) is 0 Å². The molecule has 0 spiro atoms. The molecular formula is C10H16GeO3Si. The average molecular weight is 285 g/mol. The van der Waals surface area contributed by atoms with Crippen LogP contribution >= 0.6 is 0 Å². The van der Waals surface area contributed by atoms with Crippen molar-refractivity contribution in [1.82, 2.24) is 0 Å². The molecule has 1 aromatic rings. The van der Waals surface area contributed by atoms with Crippen molar-refractivity contribution in [3.8, 4) is 0 Å². The first-order valence-electron chi connectivity index (χ1n) is 4.66. The Balaban J connectivity index is 3.01. The molecule has 0 unspecified atom stereocenters. The zero-order valence-electron chi connectivity index (χ0n) is 9.53. The quantitative estimate of drug-likeness (QED) is 0.721. The van der Waals surface area contributed by atoms with Crippen molar-refractivity contribution in [2.45, 2.75) is 5.76 Å². The third-order valence-electron chi connectivity index (χ3n) is 2.33. The summed E-state index contributed by atoms with van der Waals surface area (Å²) in [5.74, 6) is 2.25. The van der Waals surface area contributed by atoms with E-state index in [1.54, 1.807) is 21.3 Å². The maximum atomic E-state index is 5.40. The molecular weight excluding hydrogens is 269 g/mol. The molecule has 0 aliphatic rings. The van der Waals surface area contributed by atoms with Crippen LogP contribution in [-0.2, 0) is 13.3 Å². The van der Waals surface area contributed by atoms with Crippen LogP contribution in [0.25, 0.3) is 0 Å². The van der Waals surface area contributed by atoms with Crippen molar-refractivity contribution in [3.63, 3.8) is 0 Å². The standard InChI is InChI=1S/C10H16GeO3Si/c1-11-9-5-7-10(8-6-9)15(12-2,13-3)14-4/h5-8H,1-4H3. The van der Waals surface area contributed by atoms with Crippen LogP contribution in [0.15, 0.2) is 24.3 Å².